The van der Waals surface area contributed by atoms with Gasteiger partial charge in [-0.3, -0.25) is 9.78 Å². The first-order chi connectivity index (χ1) is 10.1. The number of benzene rings is 1. The van der Waals surface area contributed by atoms with Gasteiger partial charge < -0.3 is 10.4 Å². The molecule has 0 radical (unpaired) electrons. The molecule has 0 unspecified atom stereocenters. The van der Waals surface area contributed by atoms with Crippen molar-refractivity contribution in [1.29, 1.82) is 0 Å². The Labute approximate surface area is 124 Å². The summed E-state index contributed by atoms with van der Waals surface area (Å²) >= 11 is 0. The number of aliphatic hydroxyl groups excluding tert-OH is 1. The van der Waals surface area contributed by atoms with Crippen molar-refractivity contribution in [2.45, 2.75) is 38.1 Å². The first-order valence-electron chi connectivity index (χ1n) is 7.43. The maximum atomic E-state index is 12.6. The van der Waals surface area contributed by atoms with Crippen molar-refractivity contribution < 1.29 is 9.90 Å². The number of pyridine rings is 1. The molecule has 0 bridgehead atoms. The van der Waals surface area contributed by atoms with E-state index in [-0.39, 0.29) is 12.5 Å². The fourth-order valence-corrected chi connectivity index (χ4v) is 3.11. The summed E-state index contributed by atoms with van der Waals surface area (Å²) in [7, 11) is 0. The summed E-state index contributed by atoms with van der Waals surface area (Å²) in [4.78, 5) is 17.1. The lowest BCUT2D eigenvalue weighted by molar-refractivity contribution is 0.0840. The normalized spacial score (nSPS) is 17.0. The molecule has 2 N–H and O–H groups in total. The van der Waals surface area contributed by atoms with Crippen LogP contribution in [-0.4, -0.2) is 28.1 Å². The zero-order valence-electron chi connectivity index (χ0n) is 12.2. The highest BCUT2D eigenvalue weighted by Gasteiger charge is 2.35. The van der Waals surface area contributed by atoms with E-state index < -0.39 is 5.54 Å². The average Bonchev–Trinajstić information content (AvgIpc) is 2.95. The van der Waals surface area contributed by atoms with Gasteiger partial charge in [0.1, 0.15) is 0 Å². The minimum atomic E-state index is -0.455. The second-order valence-corrected chi connectivity index (χ2v) is 5.93. The SMILES string of the molecule is Cc1ccc2cccc(C(=O)NC3(CO)CCCC3)c2n1. The molecular weight excluding hydrogens is 264 g/mol. The van der Waals surface area contributed by atoms with Gasteiger partial charge in [-0.2, -0.15) is 0 Å². The van der Waals surface area contributed by atoms with Crippen LogP contribution >= 0.6 is 0 Å². The van der Waals surface area contributed by atoms with E-state index in [1.165, 1.54) is 0 Å². The predicted molar refractivity (Wildman–Crippen MR) is 82.2 cm³/mol. The van der Waals surface area contributed by atoms with Gasteiger partial charge in [-0.25, -0.2) is 0 Å². The predicted octanol–water partition coefficient (Wildman–Crippen LogP) is 2.58. The largest absolute Gasteiger partial charge is 0.394 e. The third-order valence-electron chi connectivity index (χ3n) is 4.35. The maximum absolute atomic E-state index is 12.6. The molecule has 3 rings (SSSR count). The second-order valence-electron chi connectivity index (χ2n) is 5.93. The molecule has 1 heterocycles. The van der Waals surface area contributed by atoms with E-state index in [0.29, 0.717) is 5.56 Å². The number of rotatable bonds is 3. The standard InChI is InChI=1S/C17H20N2O2/c1-12-7-8-13-5-4-6-14(15(13)18-12)16(21)19-17(11-20)9-2-3-10-17/h4-8,20H,2-3,9-11H2,1H3,(H,19,21). The Bertz CT molecular complexity index is 676. The molecule has 1 amide bonds. The number of aromatic nitrogens is 1. The van der Waals surface area contributed by atoms with Crippen LogP contribution in [0.5, 0.6) is 0 Å². The molecule has 1 aromatic heterocycles. The second kappa shape index (κ2) is 5.45. The number of aryl methyl sites for hydroxylation is 1. The van der Waals surface area contributed by atoms with E-state index in [4.69, 9.17) is 0 Å². The molecule has 1 aliphatic carbocycles. The van der Waals surface area contributed by atoms with Crippen molar-refractivity contribution in [3.05, 3.63) is 41.6 Å². The number of hydrogen-bond donors (Lipinski definition) is 2. The van der Waals surface area contributed by atoms with Crippen LogP contribution in [0.15, 0.2) is 30.3 Å². The molecule has 110 valence electrons. The number of aliphatic hydroxyl groups is 1. The fraction of sp³-hybridized carbons (Fsp3) is 0.412. The summed E-state index contributed by atoms with van der Waals surface area (Å²) < 4.78 is 0. The van der Waals surface area contributed by atoms with Gasteiger partial charge >= 0.3 is 0 Å². The lowest BCUT2D eigenvalue weighted by atomic mass is 9.98. The first-order valence-corrected chi connectivity index (χ1v) is 7.43. The summed E-state index contributed by atoms with van der Waals surface area (Å²) in [5.41, 5.74) is 1.74. The number of carbonyl (C=O) groups excluding carboxylic acids is 1. The first kappa shape index (κ1) is 14.0. The van der Waals surface area contributed by atoms with Crippen molar-refractivity contribution in [3.8, 4) is 0 Å². The van der Waals surface area contributed by atoms with E-state index in [1.807, 2.05) is 31.2 Å². The molecule has 1 saturated carbocycles. The Balaban J connectivity index is 1.96. The monoisotopic (exact) mass is 284 g/mol. The van der Waals surface area contributed by atoms with Gasteiger partial charge in [0.15, 0.2) is 0 Å². The van der Waals surface area contributed by atoms with Crippen molar-refractivity contribution in [2.75, 3.05) is 6.61 Å². The highest BCUT2D eigenvalue weighted by Crippen LogP contribution is 2.30. The van der Waals surface area contributed by atoms with Gasteiger partial charge in [-0.05, 0) is 31.9 Å². The van der Waals surface area contributed by atoms with E-state index >= 15 is 0 Å². The highest BCUT2D eigenvalue weighted by molar-refractivity contribution is 6.05. The lowest BCUT2D eigenvalue weighted by Gasteiger charge is -2.28. The average molecular weight is 284 g/mol. The molecule has 0 spiro atoms. The smallest absolute Gasteiger partial charge is 0.254 e. The number of fused-ring (bicyclic) bond motifs is 1. The minimum Gasteiger partial charge on any atom is -0.394 e. The zero-order valence-corrected chi connectivity index (χ0v) is 12.2. The molecule has 1 aromatic carbocycles. The number of nitrogens with one attached hydrogen (secondary N) is 1. The summed E-state index contributed by atoms with van der Waals surface area (Å²) in [6.07, 6.45) is 3.78. The molecule has 4 heteroatoms. The number of nitrogens with zero attached hydrogens (tertiary/aromatic N) is 1. The van der Waals surface area contributed by atoms with Crippen LogP contribution in [0.3, 0.4) is 0 Å². The van der Waals surface area contributed by atoms with Gasteiger partial charge in [0.25, 0.3) is 5.91 Å². The third kappa shape index (κ3) is 2.63. The lowest BCUT2D eigenvalue weighted by Crippen LogP contribution is -2.49. The Kier molecular flexibility index (Phi) is 3.64. The van der Waals surface area contributed by atoms with Gasteiger partial charge in [-0.15, -0.1) is 0 Å². The quantitative estimate of drug-likeness (QED) is 0.910. The topological polar surface area (TPSA) is 62.2 Å². The molecule has 0 aliphatic heterocycles. The van der Waals surface area contributed by atoms with E-state index in [9.17, 15) is 9.90 Å². The van der Waals surface area contributed by atoms with Crippen LogP contribution < -0.4 is 5.32 Å². The number of hydrogen-bond acceptors (Lipinski definition) is 3. The Morgan fingerprint density at radius 2 is 2.05 bits per heavy atom. The van der Waals surface area contributed by atoms with Crippen molar-refractivity contribution in [1.82, 2.24) is 10.3 Å². The van der Waals surface area contributed by atoms with Crippen LogP contribution in [0.2, 0.25) is 0 Å². The Morgan fingerprint density at radius 1 is 1.29 bits per heavy atom. The van der Waals surface area contributed by atoms with Crippen molar-refractivity contribution >= 4 is 16.8 Å². The molecular formula is C17H20N2O2. The zero-order chi connectivity index (χ0) is 14.9. The van der Waals surface area contributed by atoms with E-state index in [2.05, 4.69) is 10.3 Å². The number of carbonyl (C=O) groups is 1. The van der Waals surface area contributed by atoms with Crippen molar-refractivity contribution in [3.63, 3.8) is 0 Å². The molecule has 0 saturated heterocycles. The summed E-state index contributed by atoms with van der Waals surface area (Å²) in [5.74, 6) is -0.144. The van der Waals surface area contributed by atoms with Gasteiger partial charge in [0, 0.05) is 11.1 Å². The summed E-state index contributed by atoms with van der Waals surface area (Å²) in [6.45, 7) is 1.91. The van der Waals surface area contributed by atoms with Crippen LogP contribution in [-0.2, 0) is 0 Å². The van der Waals surface area contributed by atoms with Crippen LogP contribution in [0.1, 0.15) is 41.7 Å². The molecule has 1 aliphatic rings. The summed E-state index contributed by atoms with van der Waals surface area (Å²) in [6, 6.07) is 9.54. The highest BCUT2D eigenvalue weighted by atomic mass is 16.3. The van der Waals surface area contributed by atoms with Gasteiger partial charge in [0.05, 0.1) is 23.2 Å². The van der Waals surface area contributed by atoms with Gasteiger partial charge in [-0.1, -0.05) is 31.0 Å². The van der Waals surface area contributed by atoms with E-state index in [1.54, 1.807) is 6.07 Å². The van der Waals surface area contributed by atoms with Gasteiger partial charge in [0.2, 0.25) is 0 Å². The molecule has 0 atom stereocenters. The fourth-order valence-electron chi connectivity index (χ4n) is 3.11. The Morgan fingerprint density at radius 3 is 2.76 bits per heavy atom. The molecule has 1 fully saturated rings. The molecule has 4 nitrogen and oxygen atoms in total. The number of amides is 1. The van der Waals surface area contributed by atoms with Crippen molar-refractivity contribution in [2.24, 2.45) is 0 Å². The Hall–Kier alpha value is -1.94. The van der Waals surface area contributed by atoms with Crippen LogP contribution in [0.25, 0.3) is 10.9 Å². The van der Waals surface area contributed by atoms with Crippen LogP contribution in [0.4, 0.5) is 0 Å². The number of para-hydroxylation sites is 1. The summed E-state index contributed by atoms with van der Waals surface area (Å²) in [5, 5.41) is 13.6. The molecule has 21 heavy (non-hydrogen) atoms. The maximum Gasteiger partial charge on any atom is 0.254 e. The van der Waals surface area contributed by atoms with E-state index in [0.717, 1.165) is 42.3 Å². The minimum absolute atomic E-state index is 0.00401. The van der Waals surface area contributed by atoms with Crippen LogP contribution in [0, 0.1) is 6.92 Å². The third-order valence-corrected chi connectivity index (χ3v) is 4.35. The molecule has 2 aromatic rings.